The number of hydrogen-bond acceptors (Lipinski definition) is 3. The van der Waals surface area contributed by atoms with Gasteiger partial charge in [-0.25, -0.2) is 8.78 Å². The van der Waals surface area contributed by atoms with E-state index in [-0.39, 0.29) is 17.1 Å². The molecule has 2 aromatic carbocycles. The number of carbonyl (C=O) groups excluding carboxylic acids is 1. The highest BCUT2D eigenvalue weighted by atomic mass is 19.1. The van der Waals surface area contributed by atoms with Crippen LogP contribution >= 0.6 is 0 Å². The van der Waals surface area contributed by atoms with E-state index in [2.05, 4.69) is 15.2 Å². The van der Waals surface area contributed by atoms with Crippen molar-refractivity contribution in [2.45, 2.75) is 0 Å². The largest absolute Gasteiger partial charge is 0.493 e. The van der Waals surface area contributed by atoms with E-state index in [1.165, 1.54) is 30.3 Å². The number of azo groups is 1. The van der Waals surface area contributed by atoms with Crippen molar-refractivity contribution in [2.75, 3.05) is 0 Å². The lowest BCUT2D eigenvalue weighted by Crippen LogP contribution is -1.93. The monoisotopic (exact) mass is 301 g/mol. The van der Waals surface area contributed by atoms with Gasteiger partial charge in [-0.15, -0.1) is 10.2 Å². The van der Waals surface area contributed by atoms with Gasteiger partial charge in [-0.05, 0) is 42.5 Å². The lowest BCUT2D eigenvalue weighted by atomic mass is 10.2. The number of aromatic hydroxyl groups is 1. The number of amides is 1. The molecule has 0 atom stereocenters. The van der Waals surface area contributed by atoms with E-state index in [1.54, 1.807) is 0 Å². The van der Waals surface area contributed by atoms with Crippen molar-refractivity contribution in [1.29, 1.82) is 0 Å². The van der Waals surface area contributed by atoms with Crippen molar-refractivity contribution >= 4 is 22.5 Å². The maximum atomic E-state index is 13.3. The lowest BCUT2D eigenvalue weighted by molar-refractivity contribution is 0.0995. The molecule has 1 amide bonds. The lowest BCUT2D eigenvalue weighted by Gasteiger charge is -1.94. The zero-order valence-electron chi connectivity index (χ0n) is 11.0. The van der Waals surface area contributed by atoms with E-state index in [0.717, 1.165) is 12.1 Å². The highest BCUT2D eigenvalue weighted by molar-refractivity contribution is 5.96. The first-order valence-corrected chi connectivity index (χ1v) is 6.26. The standard InChI is InChI=1S/C15H9F2N3O2/c16-9-3-1-8(2-4-9)14(21)20-19-13-11-7-10(17)5-6-12(11)18-15(13)22/h1-7,18,22H. The van der Waals surface area contributed by atoms with E-state index in [9.17, 15) is 18.7 Å². The van der Waals surface area contributed by atoms with Gasteiger partial charge in [0.1, 0.15) is 11.6 Å². The molecule has 5 nitrogen and oxygen atoms in total. The normalized spacial score (nSPS) is 11.4. The summed E-state index contributed by atoms with van der Waals surface area (Å²) in [5, 5.41) is 17.2. The van der Waals surface area contributed by atoms with Crippen LogP contribution in [0.1, 0.15) is 10.4 Å². The third kappa shape index (κ3) is 2.56. The fourth-order valence-corrected chi connectivity index (χ4v) is 1.98. The van der Waals surface area contributed by atoms with Crippen LogP contribution in [0.5, 0.6) is 5.88 Å². The van der Waals surface area contributed by atoms with Crippen LogP contribution in [-0.4, -0.2) is 16.0 Å². The van der Waals surface area contributed by atoms with Crippen LogP contribution in [0, 0.1) is 11.6 Å². The maximum Gasteiger partial charge on any atom is 0.295 e. The number of halogens is 2. The van der Waals surface area contributed by atoms with Crippen molar-refractivity contribution in [2.24, 2.45) is 10.2 Å². The topological polar surface area (TPSA) is 77.8 Å². The Morgan fingerprint density at radius 1 is 1.05 bits per heavy atom. The SMILES string of the molecule is O=C(N=Nc1c(O)[nH]c2ccc(F)cc12)c1ccc(F)cc1. The van der Waals surface area contributed by atoms with Crippen LogP contribution < -0.4 is 0 Å². The van der Waals surface area contributed by atoms with Crippen molar-refractivity contribution in [3.8, 4) is 5.88 Å². The number of hydrogen-bond donors (Lipinski definition) is 2. The van der Waals surface area contributed by atoms with E-state index < -0.39 is 17.5 Å². The number of benzene rings is 2. The quantitative estimate of drug-likeness (QED) is 0.700. The molecule has 0 saturated carbocycles. The molecule has 110 valence electrons. The molecule has 7 heteroatoms. The molecule has 0 saturated heterocycles. The zero-order chi connectivity index (χ0) is 15.7. The second-order valence-electron chi connectivity index (χ2n) is 4.52. The Morgan fingerprint density at radius 2 is 1.73 bits per heavy atom. The molecule has 0 aliphatic rings. The molecule has 22 heavy (non-hydrogen) atoms. The van der Waals surface area contributed by atoms with Crippen molar-refractivity contribution in [3.05, 3.63) is 59.7 Å². The van der Waals surface area contributed by atoms with Gasteiger partial charge in [0.2, 0.25) is 5.88 Å². The summed E-state index contributed by atoms with van der Waals surface area (Å²) < 4.78 is 26.0. The Labute approximate surface area is 122 Å². The van der Waals surface area contributed by atoms with Crippen molar-refractivity contribution < 1.29 is 18.7 Å². The number of rotatable bonds is 2. The highest BCUT2D eigenvalue weighted by Crippen LogP contribution is 2.35. The van der Waals surface area contributed by atoms with Crippen molar-refractivity contribution in [1.82, 2.24) is 4.98 Å². The first-order chi connectivity index (χ1) is 10.5. The molecule has 0 spiro atoms. The third-order valence-electron chi connectivity index (χ3n) is 3.05. The van der Waals surface area contributed by atoms with Crippen LogP contribution in [0.15, 0.2) is 52.7 Å². The molecule has 0 unspecified atom stereocenters. The zero-order valence-corrected chi connectivity index (χ0v) is 11.0. The summed E-state index contributed by atoms with van der Waals surface area (Å²) in [6.07, 6.45) is 0. The Bertz CT molecular complexity index is 886. The van der Waals surface area contributed by atoms with Gasteiger partial charge in [0.25, 0.3) is 5.91 Å². The molecule has 0 radical (unpaired) electrons. The van der Waals surface area contributed by atoms with Gasteiger partial charge < -0.3 is 10.1 Å². The molecule has 0 aliphatic carbocycles. The predicted molar refractivity (Wildman–Crippen MR) is 75.2 cm³/mol. The van der Waals surface area contributed by atoms with Gasteiger partial charge >= 0.3 is 0 Å². The van der Waals surface area contributed by atoms with Gasteiger partial charge in [0.05, 0.1) is 5.52 Å². The van der Waals surface area contributed by atoms with Crippen molar-refractivity contribution in [3.63, 3.8) is 0 Å². The molecule has 2 N–H and O–H groups in total. The van der Waals surface area contributed by atoms with Gasteiger partial charge in [-0.3, -0.25) is 4.79 Å². The molecule has 3 aromatic rings. The van der Waals surface area contributed by atoms with Crippen LogP contribution in [0.2, 0.25) is 0 Å². The maximum absolute atomic E-state index is 13.3. The van der Waals surface area contributed by atoms with Crippen LogP contribution in [0.3, 0.4) is 0 Å². The fraction of sp³-hybridized carbons (Fsp3) is 0. The number of H-pyrrole nitrogens is 1. The number of fused-ring (bicyclic) bond motifs is 1. The minimum Gasteiger partial charge on any atom is -0.493 e. The van der Waals surface area contributed by atoms with Crippen LogP contribution in [0.4, 0.5) is 14.5 Å². The predicted octanol–water partition coefficient (Wildman–Crippen LogP) is 4.08. The third-order valence-corrected chi connectivity index (χ3v) is 3.05. The van der Waals surface area contributed by atoms with Gasteiger partial charge in [-0.1, -0.05) is 0 Å². The van der Waals surface area contributed by atoms with Gasteiger partial charge in [-0.2, -0.15) is 0 Å². The smallest absolute Gasteiger partial charge is 0.295 e. The molecular formula is C15H9F2N3O2. The summed E-state index contributed by atoms with van der Waals surface area (Å²) >= 11 is 0. The van der Waals surface area contributed by atoms with Crippen LogP contribution in [-0.2, 0) is 0 Å². The summed E-state index contributed by atoms with van der Waals surface area (Å²) in [5.74, 6) is -2.01. The molecule has 0 aliphatic heterocycles. The van der Waals surface area contributed by atoms with Crippen LogP contribution in [0.25, 0.3) is 10.9 Å². The van der Waals surface area contributed by atoms with E-state index in [0.29, 0.717) is 10.9 Å². The second-order valence-corrected chi connectivity index (χ2v) is 4.52. The molecule has 0 bridgehead atoms. The first-order valence-electron chi connectivity index (χ1n) is 6.26. The minimum atomic E-state index is -0.704. The molecule has 3 rings (SSSR count). The summed E-state index contributed by atoms with van der Waals surface area (Å²) in [4.78, 5) is 14.4. The number of nitrogens with zero attached hydrogens (tertiary/aromatic N) is 2. The molecule has 1 heterocycles. The van der Waals surface area contributed by atoms with E-state index >= 15 is 0 Å². The average Bonchev–Trinajstić information content (AvgIpc) is 2.80. The first kappa shape index (κ1) is 13.9. The van der Waals surface area contributed by atoms with Gasteiger partial charge in [0, 0.05) is 10.9 Å². The molecule has 0 fully saturated rings. The number of nitrogens with one attached hydrogen (secondary N) is 1. The molecule has 1 aromatic heterocycles. The molecular weight excluding hydrogens is 292 g/mol. The average molecular weight is 301 g/mol. The summed E-state index contributed by atoms with van der Waals surface area (Å²) in [5.41, 5.74) is 0.572. The number of carbonyl (C=O) groups is 1. The van der Waals surface area contributed by atoms with E-state index in [4.69, 9.17) is 0 Å². The number of aromatic amines is 1. The summed E-state index contributed by atoms with van der Waals surface area (Å²) in [6.45, 7) is 0. The fourth-order valence-electron chi connectivity index (χ4n) is 1.98. The Balaban J connectivity index is 1.95. The Morgan fingerprint density at radius 3 is 2.45 bits per heavy atom. The van der Waals surface area contributed by atoms with Gasteiger partial charge in [0.15, 0.2) is 5.69 Å². The summed E-state index contributed by atoms with van der Waals surface area (Å²) in [6, 6.07) is 8.62. The highest BCUT2D eigenvalue weighted by Gasteiger charge is 2.12. The number of aromatic nitrogens is 1. The summed E-state index contributed by atoms with van der Waals surface area (Å²) in [7, 11) is 0. The minimum absolute atomic E-state index is 0.0371. The Hall–Kier alpha value is -3.09. The Kier molecular flexibility index (Phi) is 3.38. The second kappa shape index (κ2) is 5.36. The van der Waals surface area contributed by atoms with E-state index in [1.807, 2.05) is 0 Å².